The normalized spacial score (nSPS) is 12.8. The molecule has 0 aliphatic heterocycles. The number of aryl methyl sites for hydroxylation is 2. The Morgan fingerprint density at radius 3 is 2.80 bits per heavy atom. The van der Waals surface area contributed by atoms with Gasteiger partial charge in [0.1, 0.15) is 11.9 Å². The maximum Gasteiger partial charge on any atom is 0.112 e. The minimum absolute atomic E-state index is 0.460. The van der Waals surface area contributed by atoms with Crippen molar-refractivity contribution in [2.24, 2.45) is 7.05 Å². The number of para-hydroxylation sites is 2. The van der Waals surface area contributed by atoms with Crippen molar-refractivity contribution >= 4 is 11.0 Å². The molecular formula is C16H17N3O. The molecule has 1 aromatic carbocycles. The third-order valence-corrected chi connectivity index (χ3v) is 3.53. The molecule has 3 rings (SSSR count). The number of aromatic nitrogens is 3. The van der Waals surface area contributed by atoms with Crippen molar-refractivity contribution in [3.05, 3.63) is 59.7 Å². The van der Waals surface area contributed by atoms with Gasteiger partial charge in [-0.1, -0.05) is 12.1 Å². The zero-order valence-electron chi connectivity index (χ0n) is 11.6. The fraction of sp³-hybridized carbons (Fsp3) is 0.250. The molecule has 1 unspecified atom stereocenters. The van der Waals surface area contributed by atoms with E-state index >= 15 is 0 Å². The summed E-state index contributed by atoms with van der Waals surface area (Å²) < 4.78 is 2.02. The number of nitrogens with zero attached hydrogens (tertiary/aromatic N) is 3. The summed E-state index contributed by atoms with van der Waals surface area (Å²) in [4.78, 5) is 8.81. The molecular weight excluding hydrogens is 250 g/mol. The van der Waals surface area contributed by atoms with Crippen molar-refractivity contribution in [3.63, 3.8) is 0 Å². The van der Waals surface area contributed by atoms with Gasteiger partial charge in [0.15, 0.2) is 0 Å². The Morgan fingerprint density at radius 1 is 1.25 bits per heavy atom. The molecule has 1 atom stereocenters. The average Bonchev–Trinajstić information content (AvgIpc) is 2.76. The van der Waals surface area contributed by atoms with E-state index in [4.69, 9.17) is 0 Å². The van der Waals surface area contributed by atoms with Gasteiger partial charge in [-0.05, 0) is 36.8 Å². The van der Waals surface area contributed by atoms with E-state index < -0.39 is 6.10 Å². The highest BCUT2D eigenvalue weighted by Crippen LogP contribution is 2.20. The smallest absolute Gasteiger partial charge is 0.112 e. The topological polar surface area (TPSA) is 50.9 Å². The van der Waals surface area contributed by atoms with Crippen LogP contribution in [0, 0.1) is 6.92 Å². The van der Waals surface area contributed by atoms with Crippen LogP contribution >= 0.6 is 0 Å². The molecule has 2 aromatic heterocycles. The van der Waals surface area contributed by atoms with E-state index in [2.05, 4.69) is 9.97 Å². The van der Waals surface area contributed by atoms with E-state index in [0.29, 0.717) is 12.1 Å². The van der Waals surface area contributed by atoms with E-state index in [-0.39, 0.29) is 0 Å². The number of rotatable bonds is 3. The van der Waals surface area contributed by atoms with Gasteiger partial charge in [0, 0.05) is 19.7 Å². The number of fused-ring (bicyclic) bond motifs is 1. The molecule has 0 aliphatic rings. The zero-order valence-corrected chi connectivity index (χ0v) is 11.6. The SMILES string of the molecule is Cc1ccnc(C(O)Cc2nc3ccccc3n2C)c1. The Kier molecular flexibility index (Phi) is 3.24. The lowest BCUT2D eigenvalue weighted by Gasteiger charge is -2.10. The van der Waals surface area contributed by atoms with Gasteiger partial charge in [-0.2, -0.15) is 0 Å². The quantitative estimate of drug-likeness (QED) is 0.793. The predicted octanol–water partition coefficient (Wildman–Crippen LogP) is 2.55. The number of benzene rings is 1. The first-order valence-corrected chi connectivity index (χ1v) is 6.66. The van der Waals surface area contributed by atoms with Crippen LogP contribution < -0.4 is 0 Å². The summed E-state index contributed by atoms with van der Waals surface area (Å²) >= 11 is 0. The van der Waals surface area contributed by atoms with Crippen molar-refractivity contribution < 1.29 is 5.11 Å². The molecule has 0 amide bonds. The van der Waals surface area contributed by atoms with Crippen molar-refractivity contribution in [3.8, 4) is 0 Å². The number of aliphatic hydroxyl groups is 1. The molecule has 0 saturated heterocycles. The van der Waals surface area contributed by atoms with E-state index in [1.807, 2.05) is 54.9 Å². The molecule has 102 valence electrons. The van der Waals surface area contributed by atoms with Crippen LogP contribution in [0.3, 0.4) is 0 Å². The van der Waals surface area contributed by atoms with Crippen LogP contribution in [0.1, 0.15) is 23.2 Å². The summed E-state index contributed by atoms with van der Waals surface area (Å²) in [6, 6.07) is 11.8. The Balaban J connectivity index is 1.91. The fourth-order valence-corrected chi connectivity index (χ4v) is 2.40. The third-order valence-electron chi connectivity index (χ3n) is 3.53. The standard InChI is InChI=1S/C16H17N3O/c1-11-7-8-17-13(9-11)15(20)10-16-18-12-5-3-4-6-14(12)19(16)2/h3-9,15,20H,10H2,1-2H3. The van der Waals surface area contributed by atoms with E-state index in [9.17, 15) is 5.11 Å². The molecule has 0 fully saturated rings. The molecule has 2 heterocycles. The first-order valence-electron chi connectivity index (χ1n) is 6.66. The molecule has 4 heteroatoms. The summed E-state index contributed by atoms with van der Waals surface area (Å²) in [5.74, 6) is 0.863. The minimum Gasteiger partial charge on any atom is -0.386 e. The Hall–Kier alpha value is -2.20. The molecule has 0 bridgehead atoms. The fourth-order valence-electron chi connectivity index (χ4n) is 2.40. The molecule has 0 radical (unpaired) electrons. The van der Waals surface area contributed by atoms with Crippen LogP contribution in [0.4, 0.5) is 0 Å². The van der Waals surface area contributed by atoms with Gasteiger partial charge in [-0.25, -0.2) is 4.98 Å². The van der Waals surface area contributed by atoms with Crippen LogP contribution in [-0.4, -0.2) is 19.6 Å². The highest BCUT2D eigenvalue weighted by molar-refractivity contribution is 5.75. The molecule has 4 nitrogen and oxygen atoms in total. The van der Waals surface area contributed by atoms with Crippen LogP contribution in [-0.2, 0) is 13.5 Å². The maximum atomic E-state index is 10.3. The van der Waals surface area contributed by atoms with E-state index in [1.165, 1.54) is 0 Å². The zero-order chi connectivity index (χ0) is 14.1. The Bertz CT molecular complexity index is 748. The van der Waals surface area contributed by atoms with Crippen molar-refractivity contribution in [2.75, 3.05) is 0 Å². The van der Waals surface area contributed by atoms with Gasteiger partial charge in [-0.3, -0.25) is 4.98 Å². The van der Waals surface area contributed by atoms with Crippen molar-refractivity contribution in [1.82, 2.24) is 14.5 Å². The highest BCUT2D eigenvalue weighted by Gasteiger charge is 2.15. The van der Waals surface area contributed by atoms with Crippen LogP contribution in [0.5, 0.6) is 0 Å². The lowest BCUT2D eigenvalue weighted by atomic mass is 10.1. The number of pyridine rings is 1. The molecule has 0 aliphatic carbocycles. The lowest BCUT2D eigenvalue weighted by Crippen LogP contribution is -2.08. The second kappa shape index (κ2) is 5.06. The number of hydrogen-bond acceptors (Lipinski definition) is 3. The first kappa shape index (κ1) is 12.8. The summed E-state index contributed by atoms with van der Waals surface area (Å²) in [6.07, 6.45) is 1.55. The molecule has 3 aromatic rings. The number of hydrogen-bond donors (Lipinski definition) is 1. The van der Waals surface area contributed by atoms with Gasteiger partial charge in [-0.15, -0.1) is 0 Å². The summed E-state index contributed by atoms with van der Waals surface area (Å²) in [6.45, 7) is 1.99. The number of aliphatic hydroxyl groups excluding tert-OH is 1. The van der Waals surface area contributed by atoms with Gasteiger partial charge in [0.05, 0.1) is 16.7 Å². The van der Waals surface area contributed by atoms with Gasteiger partial charge < -0.3 is 9.67 Å². The second-order valence-corrected chi connectivity index (χ2v) is 5.05. The second-order valence-electron chi connectivity index (χ2n) is 5.05. The lowest BCUT2D eigenvalue weighted by molar-refractivity contribution is 0.170. The van der Waals surface area contributed by atoms with Crippen molar-refractivity contribution in [2.45, 2.75) is 19.4 Å². The van der Waals surface area contributed by atoms with Crippen LogP contribution in [0.15, 0.2) is 42.6 Å². The van der Waals surface area contributed by atoms with Gasteiger partial charge in [0.25, 0.3) is 0 Å². The van der Waals surface area contributed by atoms with Gasteiger partial charge in [0.2, 0.25) is 0 Å². The third kappa shape index (κ3) is 2.30. The molecule has 0 spiro atoms. The Morgan fingerprint density at radius 2 is 2.05 bits per heavy atom. The maximum absolute atomic E-state index is 10.3. The van der Waals surface area contributed by atoms with Crippen LogP contribution in [0.2, 0.25) is 0 Å². The summed E-state index contributed by atoms with van der Waals surface area (Å²) in [7, 11) is 1.97. The molecule has 0 saturated carbocycles. The van der Waals surface area contributed by atoms with Crippen molar-refractivity contribution in [1.29, 1.82) is 0 Å². The number of imidazole rings is 1. The largest absolute Gasteiger partial charge is 0.386 e. The summed E-state index contributed by atoms with van der Waals surface area (Å²) in [5, 5.41) is 10.3. The van der Waals surface area contributed by atoms with E-state index in [1.54, 1.807) is 6.20 Å². The minimum atomic E-state index is -0.634. The van der Waals surface area contributed by atoms with E-state index in [0.717, 1.165) is 22.4 Å². The predicted molar refractivity (Wildman–Crippen MR) is 78.4 cm³/mol. The monoisotopic (exact) mass is 267 g/mol. The molecule has 1 N–H and O–H groups in total. The molecule has 20 heavy (non-hydrogen) atoms. The Labute approximate surface area is 117 Å². The first-order chi connectivity index (χ1) is 9.65. The average molecular weight is 267 g/mol. The summed E-state index contributed by atoms with van der Waals surface area (Å²) in [5.41, 5.74) is 3.82. The van der Waals surface area contributed by atoms with Gasteiger partial charge >= 0.3 is 0 Å². The highest BCUT2D eigenvalue weighted by atomic mass is 16.3. The van der Waals surface area contributed by atoms with Crippen LogP contribution in [0.25, 0.3) is 11.0 Å².